The molecule has 1 fully saturated rings. The van der Waals surface area contributed by atoms with Crippen LogP contribution in [0.5, 0.6) is 11.5 Å². The average Bonchev–Trinajstić information content (AvgIpc) is 2.57. The fourth-order valence-corrected chi connectivity index (χ4v) is 4.41. The first kappa shape index (κ1) is 17.1. The fourth-order valence-electron chi connectivity index (χ4n) is 2.63. The zero-order chi connectivity index (χ0) is 14.3. The predicted molar refractivity (Wildman–Crippen MR) is 95.2 cm³/mol. The maximum Gasteiger partial charge on any atom is 0.293 e. The summed E-state index contributed by atoms with van der Waals surface area (Å²) in [5, 5.41) is 0. The van der Waals surface area contributed by atoms with Gasteiger partial charge in [-0.05, 0) is 37.1 Å². The van der Waals surface area contributed by atoms with Crippen LogP contribution in [0.2, 0.25) is 0 Å². The maximum absolute atomic E-state index is 6.20. The molecule has 0 N–H and O–H groups in total. The van der Waals surface area contributed by atoms with Gasteiger partial charge in [0.15, 0.2) is 0 Å². The van der Waals surface area contributed by atoms with Crippen molar-refractivity contribution in [3.8, 4) is 11.5 Å². The molecule has 0 saturated heterocycles. The molecule has 2 aromatic rings. The van der Waals surface area contributed by atoms with Crippen LogP contribution >= 0.6 is 20.8 Å². The number of hydrogen-bond acceptors (Lipinski definition) is 2. The second-order valence-electron chi connectivity index (χ2n) is 5.39. The summed E-state index contributed by atoms with van der Waals surface area (Å²) in [5.41, 5.74) is 0.536. The molecule has 0 unspecified atom stereocenters. The Morgan fingerprint density at radius 2 is 1.14 bits per heavy atom. The third-order valence-electron chi connectivity index (χ3n) is 3.75. The second-order valence-corrected chi connectivity index (χ2v) is 7.05. The Balaban J connectivity index is 0.00000176. The van der Waals surface area contributed by atoms with Crippen LogP contribution in [0.25, 0.3) is 0 Å². The van der Waals surface area contributed by atoms with Gasteiger partial charge in [0.05, 0.1) is 5.66 Å². The summed E-state index contributed by atoms with van der Waals surface area (Å²) in [5.74, 6) is 1.82. The molecule has 0 bridgehead atoms. The van der Waals surface area contributed by atoms with Crippen LogP contribution < -0.4 is 9.05 Å². The molecule has 0 aliphatic heterocycles. The number of hydrogen-bond donors (Lipinski definition) is 0. The zero-order valence-corrected chi connectivity index (χ0v) is 14.3. The van der Waals surface area contributed by atoms with Crippen LogP contribution in [0, 0.1) is 0 Å². The Labute approximate surface area is 140 Å². The Kier molecular flexibility index (Phi) is 7.02. The van der Waals surface area contributed by atoms with Gasteiger partial charge in [0.2, 0.25) is 0 Å². The smallest absolute Gasteiger partial charge is 0.293 e. The van der Waals surface area contributed by atoms with Gasteiger partial charge in [-0.1, -0.05) is 55.7 Å². The topological polar surface area (TPSA) is 18.5 Å². The Bertz CT molecular complexity index is 488. The molecule has 0 spiro atoms. The van der Waals surface area contributed by atoms with Gasteiger partial charge in [0.25, 0.3) is 8.38 Å². The summed E-state index contributed by atoms with van der Waals surface area (Å²) < 4.78 is 12.4. The molecular weight excluding hydrogens is 315 g/mol. The first-order valence-corrected chi connectivity index (χ1v) is 8.92. The van der Waals surface area contributed by atoms with Crippen molar-refractivity contribution in [2.75, 3.05) is 0 Å². The van der Waals surface area contributed by atoms with Crippen molar-refractivity contribution < 1.29 is 9.05 Å². The summed E-state index contributed by atoms with van der Waals surface area (Å²) in [6.07, 6.45) is 6.35. The molecule has 4 heteroatoms. The largest absolute Gasteiger partial charge is 0.438 e. The summed E-state index contributed by atoms with van der Waals surface area (Å²) in [4.78, 5) is 0. The van der Waals surface area contributed by atoms with Crippen LogP contribution in [-0.2, 0) is 0 Å². The van der Waals surface area contributed by atoms with E-state index >= 15 is 0 Å². The molecule has 118 valence electrons. The molecule has 0 amide bonds. The monoisotopic (exact) mass is 336 g/mol. The van der Waals surface area contributed by atoms with E-state index in [-0.39, 0.29) is 12.4 Å². The Morgan fingerprint density at radius 1 is 0.682 bits per heavy atom. The first-order valence-electron chi connectivity index (χ1n) is 7.67. The first-order chi connectivity index (χ1) is 10.4. The normalized spacial score (nSPS) is 15.1. The summed E-state index contributed by atoms with van der Waals surface area (Å²) >= 11 is 0. The molecule has 2 aromatic carbocycles. The predicted octanol–water partition coefficient (Wildman–Crippen LogP) is 6.21. The minimum Gasteiger partial charge on any atom is -0.438 e. The molecule has 1 saturated carbocycles. The third-order valence-corrected chi connectivity index (χ3v) is 5.64. The highest BCUT2D eigenvalue weighted by atomic mass is 35.5. The minimum atomic E-state index is -0.931. The van der Waals surface area contributed by atoms with E-state index in [0.29, 0.717) is 5.66 Å². The molecule has 1 aliphatic rings. The van der Waals surface area contributed by atoms with E-state index in [9.17, 15) is 0 Å². The summed E-state index contributed by atoms with van der Waals surface area (Å²) in [6, 6.07) is 20.1. The van der Waals surface area contributed by atoms with Crippen LogP contribution in [0.4, 0.5) is 0 Å². The van der Waals surface area contributed by atoms with Crippen LogP contribution in [0.3, 0.4) is 0 Å². The van der Waals surface area contributed by atoms with Gasteiger partial charge in [0, 0.05) is 0 Å². The molecule has 0 heterocycles. The van der Waals surface area contributed by atoms with Crippen molar-refractivity contribution in [1.82, 2.24) is 0 Å². The lowest BCUT2D eigenvalue weighted by Crippen LogP contribution is -2.16. The highest BCUT2D eigenvalue weighted by molar-refractivity contribution is 7.49. The van der Waals surface area contributed by atoms with Gasteiger partial charge in [0.1, 0.15) is 11.5 Å². The van der Waals surface area contributed by atoms with E-state index in [1.165, 1.54) is 32.1 Å². The van der Waals surface area contributed by atoms with E-state index in [1.54, 1.807) is 0 Å². The van der Waals surface area contributed by atoms with Gasteiger partial charge in [-0.3, -0.25) is 0 Å². The van der Waals surface area contributed by atoms with Crippen LogP contribution in [-0.4, -0.2) is 5.66 Å². The molecule has 2 nitrogen and oxygen atoms in total. The van der Waals surface area contributed by atoms with Crippen molar-refractivity contribution in [1.29, 1.82) is 0 Å². The van der Waals surface area contributed by atoms with E-state index in [0.717, 1.165) is 11.5 Å². The highest BCUT2D eigenvalue weighted by Gasteiger charge is 2.29. The highest BCUT2D eigenvalue weighted by Crippen LogP contribution is 2.49. The molecule has 3 rings (SSSR count). The van der Waals surface area contributed by atoms with Crippen LogP contribution in [0.1, 0.15) is 32.1 Å². The summed E-state index contributed by atoms with van der Waals surface area (Å²) in [6.45, 7) is 0. The van der Waals surface area contributed by atoms with Gasteiger partial charge in [-0.15, -0.1) is 12.4 Å². The molecule has 0 atom stereocenters. The number of para-hydroxylation sites is 2. The van der Waals surface area contributed by atoms with Crippen molar-refractivity contribution in [2.45, 2.75) is 37.8 Å². The average molecular weight is 337 g/mol. The van der Waals surface area contributed by atoms with E-state index in [4.69, 9.17) is 9.05 Å². The van der Waals surface area contributed by atoms with Crippen molar-refractivity contribution in [3.05, 3.63) is 60.7 Å². The van der Waals surface area contributed by atoms with Crippen LogP contribution in [0.15, 0.2) is 60.7 Å². The van der Waals surface area contributed by atoms with Crippen molar-refractivity contribution >= 4 is 20.8 Å². The lowest BCUT2D eigenvalue weighted by molar-refractivity contribution is 0.428. The van der Waals surface area contributed by atoms with Crippen molar-refractivity contribution in [3.63, 3.8) is 0 Å². The number of halogens is 1. The quantitative estimate of drug-likeness (QED) is 0.604. The maximum atomic E-state index is 6.20. The zero-order valence-electron chi connectivity index (χ0n) is 12.6. The lowest BCUT2D eigenvalue weighted by Gasteiger charge is -2.29. The van der Waals surface area contributed by atoms with Gasteiger partial charge >= 0.3 is 0 Å². The number of benzene rings is 2. The fraction of sp³-hybridized carbons (Fsp3) is 0.333. The number of rotatable bonds is 5. The molecule has 0 radical (unpaired) electrons. The minimum absolute atomic E-state index is 0. The standard InChI is InChI=1S/C18H21O2P.ClH/c1-4-10-16(11-5-1)19-21(18-14-8-3-9-15-18)20-17-12-6-2-7-13-17;/h1-2,4-7,10-13,18H,3,8-9,14-15H2;1H. The van der Waals surface area contributed by atoms with E-state index < -0.39 is 8.38 Å². The second kappa shape index (κ2) is 9.02. The van der Waals surface area contributed by atoms with E-state index in [1.807, 2.05) is 60.7 Å². The molecule has 1 aliphatic carbocycles. The molecular formula is C18H22ClO2P. The van der Waals surface area contributed by atoms with Crippen molar-refractivity contribution in [2.24, 2.45) is 0 Å². The Morgan fingerprint density at radius 3 is 1.59 bits per heavy atom. The van der Waals surface area contributed by atoms with Gasteiger partial charge < -0.3 is 9.05 Å². The van der Waals surface area contributed by atoms with Gasteiger partial charge in [-0.2, -0.15) is 0 Å². The summed E-state index contributed by atoms with van der Waals surface area (Å²) in [7, 11) is -0.931. The lowest BCUT2D eigenvalue weighted by atomic mass is 10.0. The van der Waals surface area contributed by atoms with Gasteiger partial charge in [-0.25, -0.2) is 0 Å². The third kappa shape index (κ3) is 4.90. The Hall–Kier alpha value is -1.24. The molecule has 22 heavy (non-hydrogen) atoms. The SMILES string of the molecule is Cl.c1ccc(OP(Oc2ccccc2)C2CCCCC2)cc1. The van der Waals surface area contributed by atoms with E-state index in [2.05, 4.69) is 0 Å². The molecule has 0 aromatic heterocycles.